The smallest absolute Gasteiger partial charge is 0.231 e. The molecular formula is C26H24FN3O. The number of pyridine rings is 1. The van der Waals surface area contributed by atoms with Crippen molar-refractivity contribution in [2.45, 2.75) is 31.7 Å². The first kappa shape index (κ1) is 19.5. The van der Waals surface area contributed by atoms with Crippen LogP contribution in [0.5, 0.6) is 0 Å². The molecule has 1 fully saturated rings. The van der Waals surface area contributed by atoms with Gasteiger partial charge in [-0.1, -0.05) is 24.3 Å². The van der Waals surface area contributed by atoms with Crippen LogP contribution in [0.3, 0.4) is 0 Å². The van der Waals surface area contributed by atoms with Gasteiger partial charge in [0, 0.05) is 42.6 Å². The number of nitrogens with one attached hydrogen (secondary N) is 1. The van der Waals surface area contributed by atoms with E-state index in [1.165, 1.54) is 23.1 Å². The van der Waals surface area contributed by atoms with Crippen molar-refractivity contribution in [2.75, 3.05) is 6.54 Å². The minimum atomic E-state index is -0.589. The SMILES string of the molecule is Cc1cn(Cc2ccc(F)cc2)c2cc(C3(Cc4ccncc4)CCNC3=O)ccc12. The number of halogens is 1. The van der Waals surface area contributed by atoms with E-state index in [0.717, 1.165) is 28.6 Å². The largest absolute Gasteiger partial charge is 0.355 e. The minimum absolute atomic E-state index is 0.0806. The van der Waals surface area contributed by atoms with E-state index in [1.54, 1.807) is 12.4 Å². The maximum absolute atomic E-state index is 13.3. The van der Waals surface area contributed by atoms with Crippen LogP contribution in [-0.2, 0) is 23.2 Å². The van der Waals surface area contributed by atoms with Gasteiger partial charge in [-0.3, -0.25) is 9.78 Å². The van der Waals surface area contributed by atoms with Gasteiger partial charge in [-0.05, 0) is 72.4 Å². The van der Waals surface area contributed by atoms with Crippen molar-refractivity contribution in [1.82, 2.24) is 14.9 Å². The highest BCUT2D eigenvalue weighted by Gasteiger charge is 2.44. The zero-order valence-electron chi connectivity index (χ0n) is 17.4. The molecule has 0 spiro atoms. The standard InChI is InChI=1S/C26H24FN3O/c1-18-16-30(17-20-2-5-22(27)6-3-20)24-14-21(4-7-23(18)24)26(10-13-29-25(26)31)15-19-8-11-28-12-9-19/h2-9,11-12,14,16H,10,13,15,17H2,1H3,(H,29,31). The van der Waals surface area contributed by atoms with E-state index in [1.807, 2.05) is 24.3 Å². The molecule has 0 radical (unpaired) electrons. The summed E-state index contributed by atoms with van der Waals surface area (Å²) in [5, 5.41) is 4.22. The minimum Gasteiger partial charge on any atom is -0.355 e. The quantitative estimate of drug-likeness (QED) is 0.522. The molecule has 31 heavy (non-hydrogen) atoms. The van der Waals surface area contributed by atoms with Crippen LogP contribution in [0.4, 0.5) is 4.39 Å². The Morgan fingerprint density at radius 3 is 2.55 bits per heavy atom. The van der Waals surface area contributed by atoms with Crippen LogP contribution in [0.2, 0.25) is 0 Å². The molecule has 3 heterocycles. The normalized spacial score (nSPS) is 18.5. The summed E-state index contributed by atoms with van der Waals surface area (Å²) in [6.07, 6.45) is 7.08. The molecular weight excluding hydrogens is 389 g/mol. The van der Waals surface area contributed by atoms with Gasteiger partial charge in [0.25, 0.3) is 0 Å². The summed E-state index contributed by atoms with van der Waals surface area (Å²) in [5.74, 6) is -0.151. The third kappa shape index (κ3) is 3.50. The fraction of sp³-hybridized carbons (Fsp3) is 0.231. The van der Waals surface area contributed by atoms with E-state index in [-0.39, 0.29) is 11.7 Å². The second-order valence-corrected chi connectivity index (χ2v) is 8.42. The lowest BCUT2D eigenvalue weighted by Gasteiger charge is -2.27. The maximum Gasteiger partial charge on any atom is 0.231 e. The van der Waals surface area contributed by atoms with Gasteiger partial charge in [-0.25, -0.2) is 4.39 Å². The predicted molar refractivity (Wildman–Crippen MR) is 119 cm³/mol. The molecule has 2 aromatic carbocycles. The summed E-state index contributed by atoms with van der Waals surface area (Å²) in [6.45, 7) is 3.42. The number of nitrogens with zero attached hydrogens (tertiary/aromatic N) is 2. The summed E-state index contributed by atoms with van der Waals surface area (Å²) in [4.78, 5) is 17.2. The zero-order valence-corrected chi connectivity index (χ0v) is 17.4. The number of aryl methyl sites for hydroxylation is 1. The van der Waals surface area contributed by atoms with Crippen LogP contribution >= 0.6 is 0 Å². The first-order chi connectivity index (χ1) is 15.0. The number of fused-ring (bicyclic) bond motifs is 1. The number of carbonyl (C=O) groups is 1. The number of amides is 1. The van der Waals surface area contributed by atoms with Gasteiger partial charge in [0.05, 0.1) is 5.41 Å². The molecule has 156 valence electrons. The topological polar surface area (TPSA) is 46.9 Å². The van der Waals surface area contributed by atoms with Crippen molar-refractivity contribution in [3.05, 3.63) is 101 Å². The van der Waals surface area contributed by atoms with Crippen molar-refractivity contribution >= 4 is 16.8 Å². The summed E-state index contributed by atoms with van der Waals surface area (Å²) in [5.41, 5.74) is 4.86. The highest BCUT2D eigenvalue weighted by molar-refractivity contribution is 5.93. The van der Waals surface area contributed by atoms with Crippen molar-refractivity contribution in [3.63, 3.8) is 0 Å². The molecule has 2 aromatic heterocycles. The van der Waals surface area contributed by atoms with Gasteiger partial charge in [0.1, 0.15) is 5.82 Å². The monoisotopic (exact) mass is 413 g/mol. The molecule has 1 saturated heterocycles. The van der Waals surface area contributed by atoms with Crippen LogP contribution in [0.15, 0.2) is 73.2 Å². The van der Waals surface area contributed by atoms with Crippen molar-refractivity contribution in [3.8, 4) is 0 Å². The number of rotatable bonds is 5. The second-order valence-electron chi connectivity index (χ2n) is 8.42. The average molecular weight is 413 g/mol. The van der Waals surface area contributed by atoms with Crippen molar-refractivity contribution in [2.24, 2.45) is 0 Å². The lowest BCUT2D eigenvalue weighted by molar-refractivity contribution is -0.124. The van der Waals surface area contributed by atoms with Crippen molar-refractivity contribution in [1.29, 1.82) is 0 Å². The molecule has 1 unspecified atom stereocenters. The van der Waals surface area contributed by atoms with E-state index in [2.05, 4.69) is 46.2 Å². The third-order valence-electron chi connectivity index (χ3n) is 6.43. The highest BCUT2D eigenvalue weighted by atomic mass is 19.1. The Labute approximate surface area is 180 Å². The molecule has 0 aliphatic carbocycles. The van der Waals surface area contributed by atoms with Crippen molar-refractivity contribution < 1.29 is 9.18 Å². The zero-order chi connectivity index (χ0) is 21.4. The number of hydrogen-bond acceptors (Lipinski definition) is 2. The van der Waals surface area contributed by atoms with Crippen LogP contribution in [0.25, 0.3) is 10.9 Å². The fourth-order valence-corrected chi connectivity index (χ4v) is 4.76. The van der Waals surface area contributed by atoms with Crippen LogP contribution < -0.4 is 5.32 Å². The number of aromatic nitrogens is 2. The Balaban J connectivity index is 1.59. The van der Waals surface area contributed by atoms with Gasteiger partial charge in [-0.15, -0.1) is 0 Å². The van der Waals surface area contributed by atoms with Gasteiger partial charge < -0.3 is 9.88 Å². The molecule has 1 N–H and O–H groups in total. The summed E-state index contributed by atoms with van der Waals surface area (Å²) < 4.78 is 15.5. The van der Waals surface area contributed by atoms with E-state index < -0.39 is 5.41 Å². The van der Waals surface area contributed by atoms with E-state index in [0.29, 0.717) is 19.5 Å². The molecule has 5 heteroatoms. The highest BCUT2D eigenvalue weighted by Crippen LogP contribution is 2.37. The average Bonchev–Trinajstić information content (AvgIpc) is 3.30. The Hall–Kier alpha value is -3.47. The Morgan fingerprint density at radius 2 is 1.84 bits per heavy atom. The molecule has 4 aromatic rings. The van der Waals surface area contributed by atoms with Crippen LogP contribution in [0, 0.1) is 12.7 Å². The third-order valence-corrected chi connectivity index (χ3v) is 6.43. The fourth-order valence-electron chi connectivity index (χ4n) is 4.76. The summed E-state index contributed by atoms with van der Waals surface area (Å²) in [7, 11) is 0. The van der Waals surface area contributed by atoms with Gasteiger partial charge in [0.15, 0.2) is 0 Å². The molecule has 0 bridgehead atoms. The molecule has 1 atom stereocenters. The Morgan fingerprint density at radius 1 is 1.06 bits per heavy atom. The molecule has 1 aliphatic heterocycles. The second kappa shape index (κ2) is 7.65. The molecule has 4 nitrogen and oxygen atoms in total. The van der Waals surface area contributed by atoms with Crippen LogP contribution in [-0.4, -0.2) is 22.0 Å². The summed E-state index contributed by atoms with van der Waals surface area (Å²) >= 11 is 0. The Kier molecular flexibility index (Phi) is 4.81. The molecule has 1 aliphatic rings. The van der Waals surface area contributed by atoms with Gasteiger partial charge in [-0.2, -0.15) is 0 Å². The molecule has 0 saturated carbocycles. The predicted octanol–water partition coefficient (Wildman–Crippen LogP) is 4.53. The first-order valence-corrected chi connectivity index (χ1v) is 10.6. The van der Waals surface area contributed by atoms with E-state index in [4.69, 9.17) is 0 Å². The molecule has 1 amide bonds. The Bertz CT molecular complexity index is 1250. The van der Waals surface area contributed by atoms with E-state index in [9.17, 15) is 9.18 Å². The van der Waals surface area contributed by atoms with Crippen LogP contribution in [0.1, 0.15) is 28.7 Å². The van der Waals surface area contributed by atoms with Gasteiger partial charge in [0.2, 0.25) is 5.91 Å². The maximum atomic E-state index is 13.3. The lowest BCUT2D eigenvalue weighted by atomic mass is 9.74. The molecule has 5 rings (SSSR count). The number of carbonyl (C=O) groups excluding carboxylic acids is 1. The summed E-state index contributed by atoms with van der Waals surface area (Å²) in [6, 6.07) is 17.0. The first-order valence-electron chi connectivity index (χ1n) is 10.6. The lowest BCUT2D eigenvalue weighted by Crippen LogP contribution is -2.37. The van der Waals surface area contributed by atoms with Gasteiger partial charge >= 0.3 is 0 Å². The van der Waals surface area contributed by atoms with E-state index >= 15 is 0 Å². The number of benzene rings is 2. The number of hydrogen-bond donors (Lipinski definition) is 1.